The molecule has 0 aliphatic rings. The number of methoxy groups -OCH3 is 2. The molecular weight excluding hydrogens is 374 g/mol. The number of carbonyl (C=O) groups excluding carboxylic acids is 2. The number of carbonyl (C=O) groups is 2. The number of aromatic amines is 1. The summed E-state index contributed by atoms with van der Waals surface area (Å²) in [6.45, 7) is 1.51. The SMILES string of the molecule is COc1ccc(/C=C/c2n[nH]c3ccc(C(=O)N[C@@H](C)C(N)=O)c(OC)c23)cn1. The van der Waals surface area contributed by atoms with Crippen molar-refractivity contribution < 1.29 is 19.1 Å². The number of primary amides is 1. The van der Waals surface area contributed by atoms with Crippen molar-refractivity contribution in [2.75, 3.05) is 14.2 Å². The summed E-state index contributed by atoms with van der Waals surface area (Å²) in [5, 5.41) is 10.4. The number of pyridine rings is 1. The van der Waals surface area contributed by atoms with Crippen LogP contribution in [-0.2, 0) is 4.79 Å². The Balaban J connectivity index is 1.97. The van der Waals surface area contributed by atoms with Gasteiger partial charge < -0.3 is 20.5 Å². The predicted molar refractivity (Wildman–Crippen MR) is 108 cm³/mol. The maximum Gasteiger partial charge on any atom is 0.255 e. The zero-order chi connectivity index (χ0) is 21.0. The predicted octanol–water partition coefficient (Wildman–Crippen LogP) is 1.75. The van der Waals surface area contributed by atoms with E-state index in [0.29, 0.717) is 28.2 Å². The van der Waals surface area contributed by atoms with Gasteiger partial charge >= 0.3 is 0 Å². The van der Waals surface area contributed by atoms with Gasteiger partial charge in [-0.1, -0.05) is 6.08 Å². The minimum atomic E-state index is -0.811. The molecule has 3 rings (SSSR count). The lowest BCUT2D eigenvalue weighted by molar-refractivity contribution is -0.119. The van der Waals surface area contributed by atoms with Crippen molar-refractivity contribution >= 4 is 34.9 Å². The molecule has 150 valence electrons. The summed E-state index contributed by atoms with van der Waals surface area (Å²) in [6.07, 6.45) is 5.30. The minimum absolute atomic E-state index is 0.273. The molecule has 29 heavy (non-hydrogen) atoms. The van der Waals surface area contributed by atoms with Gasteiger partial charge in [0.15, 0.2) is 0 Å². The Labute approximate surface area is 166 Å². The van der Waals surface area contributed by atoms with Crippen molar-refractivity contribution in [1.29, 1.82) is 0 Å². The molecule has 2 amide bonds. The topological polar surface area (TPSA) is 132 Å². The molecule has 0 spiro atoms. The van der Waals surface area contributed by atoms with Gasteiger partial charge in [-0.3, -0.25) is 14.7 Å². The van der Waals surface area contributed by atoms with Gasteiger partial charge in [-0.2, -0.15) is 5.10 Å². The molecule has 2 aromatic heterocycles. The highest BCUT2D eigenvalue weighted by molar-refractivity contribution is 6.06. The molecular formula is C20H21N5O4. The van der Waals surface area contributed by atoms with E-state index in [1.807, 2.05) is 12.1 Å². The third-order valence-corrected chi connectivity index (χ3v) is 4.34. The first-order chi connectivity index (χ1) is 13.9. The Hall–Kier alpha value is -3.88. The van der Waals surface area contributed by atoms with E-state index >= 15 is 0 Å². The summed E-state index contributed by atoms with van der Waals surface area (Å²) in [6, 6.07) is 6.13. The number of nitrogens with zero attached hydrogens (tertiary/aromatic N) is 2. The van der Waals surface area contributed by atoms with Crippen LogP contribution < -0.4 is 20.5 Å². The molecule has 0 unspecified atom stereocenters. The quantitative estimate of drug-likeness (QED) is 0.558. The van der Waals surface area contributed by atoms with Gasteiger partial charge in [0, 0.05) is 12.3 Å². The summed E-state index contributed by atoms with van der Waals surface area (Å²) in [5.41, 5.74) is 7.64. The lowest BCUT2D eigenvalue weighted by Gasteiger charge is -2.13. The van der Waals surface area contributed by atoms with Crippen LogP contribution in [0.25, 0.3) is 23.1 Å². The molecule has 0 radical (unpaired) electrons. The second-order valence-electron chi connectivity index (χ2n) is 6.24. The highest BCUT2D eigenvalue weighted by atomic mass is 16.5. The van der Waals surface area contributed by atoms with E-state index in [-0.39, 0.29) is 5.56 Å². The fourth-order valence-corrected chi connectivity index (χ4v) is 2.75. The van der Waals surface area contributed by atoms with E-state index in [1.165, 1.54) is 14.0 Å². The number of benzene rings is 1. The van der Waals surface area contributed by atoms with E-state index in [9.17, 15) is 9.59 Å². The van der Waals surface area contributed by atoms with Gasteiger partial charge in [0.2, 0.25) is 11.8 Å². The Kier molecular flexibility index (Phi) is 5.77. The van der Waals surface area contributed by atoms with E-state index in [0.717, 1.165) is 5.56 Å². The molecule has 3 aromatic rings. The second kappa shape index (κ2) is 8.42. The molecule has 1 atom stereocenters. The Morgan fingerprint density at radius 3 is 2.59 bits per heavy atom. The molecule has 1 aromatic carbocycles. The third-order valence-electron chi connectivity index (χ3n) is 4.34. The van der Waals surface area contributed by atoms with Gasteiger partial charge in [0.1, 0.15) is 11.8 Å². The van der Waals surface area contributed by atoms with Crippen LogP contribution in [0.4, 0.5) is 0 Å². The second-order valence-corrected chi connectivity index (χ2v) is 6.24. The maximum absolute atomic E-state index is 12.6. The van der Waals surface area contributed by atoms with E-state index in [1.54, 1.807) is 37.6 Å². The number of H-pyrrole nitrogens is 1. The van der Waals surface area contributed by atoms with Gasteiger partial charge in [0.25, 0.3) is 5.91 Å². The first-order valence-corrected chi connectivity index (χ1v) is 8.78. The normalized spacial score (nSPS) is 12.1. The van der Waals surface area contributed by atoms with Gasteiger partial charge in [-0.05, 0) is 36.8 Å². The van der Waals surface area contributed by atoms with Crippen LogP contribution in [-0.4, -0.2) is 47.3 Å². The zero-order valence-electron chi connectivity index (χ0n) is 16.2. The van der Waals surface area contributed by atoms with Crippen molar-refractivity contribution in [2.24, 2.45) is 5.73 Å². The number of aromatic nitrogens is 3. The first kappa shape index (κ1) is 19.9. The molecule has 4 N–H and O–H groups in total. The number of nitrogens with two attached hydrogens (primary N) is 1. The standard InChI is InChI=1S/C20H21N5O4/c1-11(19(21)26)23-20(27)13-6-8-15-17(18(13)29-3)14(24-25-15)7-4-12-5-9-16(28-2)22-10-12/h4-11H,1-3H3,(H2,21,26)(H,23,27)(H,24,25)/b7-4+/t11-/m0/s1. The number of amides is 2. The van der Waals surface area contributed by atoms with Gasteiger partial charge in [0.05, 0.1) is 36.4 Å². The number of rotatable bonds is 7. The fourth-order valence-electron chi connectivity index (χ4n) is 2.75. The van der Waals surface area contributed by atoms with Crippen LogP contribution in [0.15, 0.2) is 30.5 Å². The number of hydrogen-bond donors (Lipinski definition) is 3. The van der Waals surface area contributed by atoms with Crippen LogP contribution >= 0.6 is 0 Å². The van der Waals surface area contributed by atoms with Crippen LogP contribution in [0.1, 0.15) is 28.5 Å². The van der Waals surface area contributed by atoms with Crippen molar-refractivity contribution in [3.63, 3.8) is 0 Å². The monoisotopic (exact) mass is 395 g/mol. The number of nitrogens with one attached hydrogen (secondary N) is 2. The third kappa shape index (κ3) is 4.18. The van der Waals surface area contributed by atoms with Crippen molar-refractivity contribution in [3.8, 4) is 11.6 Å². The largest absolute Gasteiger partial charge is 0.495 e. The smallest absolute Gasteiger partial charge is 0.255 e. The number of hydrogen-bond acceptors (Lipinski definition) is 6. The first-order valence-electron chi connectivity index (χ1n) is 8.78. The van der Waals surface area contributed by atoms with E-state index in [2.05, 4.69) is 20.5 Å². The number of ether oxygens (including phenoxy) is 2. The Morgan fingerprint density at radius 1 is 1.17 bits per heavy atom. The van der Waals surface area contributed by atoms with E-state index < -0.39 is 17.9 Å². The summed E-state index contributed by atoms with van der Waals surface area (Å²) < 4.78 is 10.6. The zero-order valence-corrected chi connectivity index (χ0v) is 16.2. The van der Waals surface area contributed by atoms with Crippen molar-refractivity contribution in [3.05, 3.63) is 47.3 Å². The minimum Gasteiger partial charge on any atom is -0.495 e. The van der Waals surface area contributed by atoms with Gasteiger partial charge in [-0.15, -0.1) is 0 Å². The van der Waals surface area contributed by atoms with Crippen LogP contribution in [0.5, 0.6) is 11.6 Å². The summed E-state index contributed by atoms with van der Waals surface area (Å²) >= 11 is 0. The molecule has 9 nitrogen and oxygen atoms in total. The summed E-state index contributed by atoms with van der Waals surface area (Å²) in [5.74, 6) is -0.225. The van der Waals surface area contributed by atoms with Crippen LogP contribution in [0, 0.1) is 0 Å². The lowest BCUT2D eigenvalue weighted by Crippen LogP contribution is -2.42. The molecule has 0 fully saturated rings. The highest BCUT2D eigenvalue weighted by Crippen LogP contribution is 2.32. The molecule has 0 saturated heterocycles. The molecule has 0 saturated carbocycles. The molecule has 0 aliphatic carbocycles. The van der Waals surface area contributed by atoms with E-state index in [4.69, 9.17) is 15.2 Å². The summed E-state index contributed by atoms with van der Waals surface area (Å²) in [4.78, 5) is 28.0. The molecule has 9 heteroatoms. The summed E-state index contributed by atoms with van der Waals surface area (Å²) in [7, 11) is 3.02. The van der Waals surface area contributed by atoms with Crippen molar-refractivity contribution in [1.82, 2.24) is 20.5 Å². The maximum atomic E-state index is 12.6. The van der Waals surface area contributed by atoms with Crippen LogP contribution in [0.3, 0.4) is 0 Å². The Bertz CT molecular complexity index is 1070. The molecule has 0 bridgehead atoms. The molecule has 2 heterocycles. The average molecular weight is 395 g/mol. The highest BCUT2D eigenvalue weighted by Gasteiger charge is 2.21. The number of fused-ring (bicyclic) bond motifs is 1. The average Bonchev–Trinajstić information content (AvgIpc) is 3.14. The fraction of sp³-hybridized carbons (Fsp3) is 0.200. The Morgan fingerprint density at radius 2 is 1.97 bits per heavy atom. The van der Waals surface area contributed by atoms with Crippen molar-refractivity contribution in [2.45, 2.75) is 13.0 Å². The van der Waals surface area contributed by atoms with Gasteiger partial charge in [-0.25, -0.2) is 4.98 Å². The lowest BCUT2D eigenvalue weighted by atomic mass is 10.1. The molecule has 0 aliphatic heterocycles. The van der Waals surface area contributed by atoms with Crippen LogP contribution in [0.2, 0.25) is 0 Å².